The van der Waals surface area contributed by atoms with Crippen molar-refractivity contribution in [1.82, 2.24) is 4.98 Å². The maximum atomic E-state index is 12.9. The van der Waals surface area contributed by atoms with Crippen molar-refractivity contribution in [3.8, 4) is 0 Å². The maximum Gasteiger partial charge on any atom is 0.355 e. The first-order valence-corrected chi connectivity index (χ1v) is 9.04. The van der Waals surface area contributed by atoms with Gasteiger partial charge in [-0.15, -0.1) is 0 Å². The van der Waals surface area contributed by atoms with Crippen molar-refractivity contribution >= 4 is 23.3 Å². The van der Waals surface area contributed by atoms with Crippen LogP contribution in [0.4, 0.5) is 5.69 Å². The number of Topliss-reactive ketones (excluding diaryl/α,β-unsaturated/α-hetero) is 1. The van der Waals surface area contributed by atoms with Gasteiger partial charge in [0.1, 0.15) is 5.69 Å². The number of aromatic nitrogens is 1. The summed E-state index contributed by atoms with van der Waals surface area (Å²) in [6.07, 6.45) is -0.158. The number of carbonyl (C=O) groups excluding carboxylic acids is 3. The van der Waals surface area contributed by atoms with E-state index in [1.807, 2.05) is 31.2 Å². The van der Waals surface area contributed by atoms with Crippen LogP contribution >= 0.6 is 0 Å². The number of carbonyl (C=O) groups is 3. The summed E-state index contributed by atoms with van der Waals surface area (Å²) >= 11 is 0. The maximum absolute atomic E-state index is 12.9. The molecule has 0 saturated carbocycles. The van der Waals surface area contributed by atoms with Crippen LogP contribution in [0.3, 0.4) is 0 Å². The lowest BCUT2D eigenvalue weighted by molar-refractivity contribution is -0.126. The molecule has 27 heavy (non-hydrogen) atoms. The average molecular weight is 368 g/mol. The minimum atomic E-state index is -0.935. The van der Waals surface area contributed by atoms with E-state index in [1.165, 1.54) is 6.92 Å². The predicted octanol–water partition coefficient (Wildman–Crippen LogP) is 3.36. The van der Waals surface area contributed by atoms with Crippen molar-refractivity contribution in [3.05, 3.63) is 52.3 Å². The summed E-state index contributed by atoms with van der Waals surface area (Å²) in [5.41, 5.74) is 3.84. The molecule has 1 aliphatic rings. The highest BCUT2D eigenvalue weighted by molar-refractivity contribution is 6.03. The third kappa shape index (κ3) is 3.27. The second-order valence-electron chi connectivity index (χ2n) is 7.12. The number of hydrogen-bond donors (Lipinski definition) is 1. The highest BCUT2D eigenvalue weighted by Crippen LogP contribution is 2.32. The standard InChI is InChI=1S/C21H24N2O4/c1-11-10-16-8-6-7-9-17(16)23(11)20(25)15(5)27-21(26)19-12(2)18(14(4)24)13(3)22-19/h6-9,11,15,22H,10H2,1-5H3/t11-,15-/m0/s1. The number of nitrogens with one attached hydrogen (secondary N) is 1. The van der Waals surface area contributed by atoms with E-state index in [4.69, 9.17) is 4.74 Å². The zero-order valence-corrected chi connectivity index (χ0v) is 16.3. The molecule has 0 aliphatic carbocycles. The van der Waals surface area contributed by atoms with Crippen LogP contribution in [0, 0.1) is 13.8 Å². The molecule has 0 radical (unpaired) electrons. The predicted molar refractivity (Wildman–Crippen MR) is 102 cm³/mol. The van der Waals surface area contributed by atoms with Gasteiger partial charge in [-0.1, -0.05) is 18.2 Å². The summed E-state index contributed by atoms with van der Waals surface area (Å²) in [6, 6.07) is 7.76. The molecule has 3 rings (SSSR count). The number of aryl methyl sites for hydroxylation is 1. The molecule has 0 bridgehead atoms. The van der Waals surface area contributed by atoms with Crippen molar-refractivity contribution in [1.29, 1.82) is 0 Å². The van der Waals surface area contributed by atoms with E-state index < -0.39 is 12.1 Å². The summed E-state index contributed by atoms with van der Waals surface area (Å²) in [5, 5.41) is 0. The Kier molecular flexibility index (Phi) is 4.91. The Balaban J connectivity index is 1.79. The number of nitrogens with zero attached hydrogens (tertiary/aromatic N) is 1. The molecular weight excluding hydrogens is 344 g/mol. The van der Waals surface area contributed by atoms with Crippen LogP contribution in [-0.4, -0.2) is 34.8 Å². The van der Waals surface area contributed by atoms with E-state index >= 15 is 0 Å². The van der Waals surface area contributed by atoms with Gasteiger partial charge in [-0.2, -0.15) is 0 Å². The van der Waals surface area contributed by atoms with Crippen molar-refractivity contribution in [2.45, 2.75) is 53.2 Å². The van der Waals surface area contributed by atoms with E-state index in [2.05, 4.69) is 4.98 Å². The van der Waals surface area contributed by atoms with E-state index in [1.54, 1.807) is 25.7 Å². The summed E-state index contributed by atoms with van der Waals surface area (Å²) in [5.74, 6) is -1.01. The minimum absolute atomic E-state index is 0.00911. The fourth-order valence-electron chi connectivity index (χ4n) is 3.85. The molecule has 2 heterocycles. The molecule has 2 aromatic rings. The molecule has 1 amide bonds. The van der Waals surface area contributed by atoms with Crippen LogP contribution in [0.2, 0.25) is 0 Å². The van der Waals surface area contributed by atoms with Gasteiger partial charge in [0.25, 0.3) is 5.91 Å². The number of hydrogen-bond acceptors (Lipinski definition) is 4. The van der Waals surface area contributed by atoms with Gasteiger partial charge in [-0.25, -0.2) is 4.79 Å². The second kappa shape index (κ2) is 7.02. The first-order valence-electron chi connectivity index (χ1n) is 9.04. The molecule has 1 aliphatic heterocycles. The molecule has 1 aromatic carbocycles. The topological polar surface area (TPSA) is 79.5 Å². The number of fused-ring (bicyclic) bond motifs is 1. The smallest absolute Gasteiger partial charge is 0.355 e. The zero-order valence-electron chi connectivity index (χ0n) is 16.3. The number of benzene rings is 1. The molecule has 0 saturated heterocycles. The lowest BCUT2D eigenvalue weighted by Gasteiger charge is -2.25. The van der Waals surface area contributed by atoms with Crippen molar-refractivity contribution < 1.29 is 19.1 Å². The largest absolute Gasteiger partial charge is 0.448 e. The number of amides is 1. The fraction of sp³-hybridized carbons (Fsp3) is 0.381. The number of ether oxygens (including phenoxy) is 1. The van der Waals surface area contributed by atoms with Gasteiger partial charge in [-0.3, -0.25) is 9.59 Å². The van der Waals surface area contributed by atoms with Crippen LogP contribution in [0.5, 0.6) is 0 Å². The molecule has 2 atom stereocenters. The Bertz CT molecular complexity index is 928. The number of esters is 1. The monoisotopic (exact) mass is 368 g/mol. The van der Waals surface area contributed by atoms with E-state index in [0.29, 0.717) is 16.8 Å². The Hall–Kier alpha value is -2.89. The van der Waals surface area contributed by atoms with E-state index in [9.17, 15) is 14.4 Å². The molecule has 142 valence electrons. The molecular formula is C21H24N2O4. The van der Waals surface area contributed by atoms with Crippen molar-refractivity contribution in [2.75, 3.05) is 4.90 Å². The lowest BCUT2D eigenvalue weighted by atomic mass is 10.1. The van der Waals surface area contributed by atoms with Crippen LogP contribution in [0.15, 0.2) is 24.3 Å². The van der Waals surface area contributed by atoms with Gasteiger partial charge in [-0.05, 0) is 58.2 Å². The molecule has 1 N–H and O–H groups in total. The first kappa shape index (κ1) is 18.9. The van der Waals surface area contributed by atoms with Crippen molar-refractivity contribution in [2.24, 2.45) is 0 Å². The van der Waals surface area contributed by atoms with Crippen molar-refractivity contribution in [3.63, 3.8) is 0 Å². The summed E-state index contributed by atoms with van der Waals surface area (Å²) in [6.45, 7) is 8.44. The van der Waals surface area contributed by atoms with E-state index in [-0.39, 0.29) is 23.4 Å². The number of para-hydroxylation sites is 1. The molecule has 6 heteroatoms. The molecule has 0 spiro atoms. The quantitative estimate of drug-likeness (QED) is 0.663. The Morgan fingerprint density at radius 2 is 1.89 bits per heavy atom. The van der Waals surface area contributed by atoms with Gasteiger partial charge in [0.15, 0.2) is 11.9 Å². The number of H-pyrrole nitrogens is 1. The average Bonchev–Trinajstić information content (AvgIpc) is 3.09. The molecule has 0 fully saturated rings. The number of rotatable bonds is 4. The van der Waals surface area contributed by atoms with E-state index in [0.717, 1.165) is 17.7 Å². The lowest BCUT2D eigenvalue weighted by Crippen LogP contribution is -2.43. The van der Waals surface area contributed by atoms with Crippen LogP contribution in [0.25, 0.3) is 0 Å². The van der Waals surface area contributed by atoms with Gasteiger partial charge in [0.05, 0.1) is 0 Å². The molecule has 1 aromatic heterocycles. The third-order valence-corrected chi connectivity index (χ3v) is 5.07. The Morgan fingerprint density at radius 1 is 1.22 bits per heavy atom. The van der Waals surface area contributed by atoms with Gasteiger partial charge in [0, 0.05) is 23.0 Å². The Morgan fingerprint density at radius 3 is 2.52 bits per heavy atom. The second-order valence-corrected chi connectivity index (χ2v) is 7.12. The highest BCUT2D eigenvalue weighted by atomic mass is 16.5. The van der Waals surface area contributed by atoms with Gasteiger partial charge >= 0.3 is 5.97 Å². The zero-order chi connectivity index (χ0) is 19.9. The number of ketones is 1. The molecule has 0 unspecified atom stereocenters. The highest BCUT2D eigenvalue weighted by Gasteiger charge is 2.35. The minimum Gasteiger partial charge on any atom is -0.448 e. The summed E-state index contributed by atoms with van der Waals surface area (Å²) < 4.78 is 5.43. The summed E-state index contributed by atoms with van der Waals surface area (Å²) in [4.78, 5) is 41.9. The normalized spacial score (nSPS) is 16.8. The SMILES string of the molecule is CC(=O)c1c(C)[nH]c(C(=O)O[C@@H](C)C(=O)N2c3ccccc3C[C@@H]2C)c1C. The summed E-state index contributed by atoms with van der Waals surface area (Å²) in [7, 11) is 0. The molecule has 6 nitrogen and oxygen atoms in total. The van der Waals surface area contributed by atoms with Gasteiger partial charge < -0.3 is 14.6 Å². The number of anilines is 1. The fourth-order valence-corrected chi connectivity index (χ4v) is 3.85. The first-order chi connectivity index (χ1) is 12.7. The Labute approximate surface area is 158 Å². The number of aromatic amines is 1. The third-order valence-electron chi connectivity index (χ3n) is 5.07. The van der Waals surface area contributed by atoms with Gasteiger partial charge in [0.2, 0.25) is 0 Å². The van der Waals surface area contributed by atoms with Crippen LogP contribution < -0.4 is 4.90 Å². The van der Waals surface area contributed by atoms with Crippen LogP contribution in [0.1, 0.15) is 58.4 Å². The van der Waals surface area contributed by atoms with Crippen LogP contribution in [-0.2, 0) is 16.0 Å².